The molecule has 0 spiro atoms. The van der Waals surface area contributed by atoms with Crippen LogP contribution in [0.15, 0.2) is 40.9 Å². The van der Waals surface area contributed by atoms with Crippen molar-refractivity contribution in [3.63, 3.8) is 0 Å². The van der Waals surface area contributed by atoms with Gasteiger partial charge in [-0.25, -0.2) is 18.4 Å². The second kappa shape index (κ2) is 13.3. The Hall–Kier alpha value is -2.11. The van der Waals surface area contributed by atoms with Crippen LogP contribution in [0.1, 0.15) is 57.2 Å². The standard InChI is InChI=1S/C27H35ClN4O4S2/c1-3-17-38(34,35)32-22-6-4-5-20(24(22)28)21-8-7-18(2)25(19-10-15-36-16-11-19)37-26(21)23-9-12-29-27(31-23)30-13-14-33/h4-6,9,12,19,32-33H,3,7-8,10-11,13-17H2,1-2H3,(H,29,30,31). The van der Waals surface area contributed by atoms with Crippen molar-refractivity contribution in [2.75, 3.05) is 42.2 Å². The van der Waals surface area contributed by atoms with Crippen LogP contribution in [0.25, 0.3) is 10.5 Å². The van der Waals surface area contributed by atoms with Crippen molar-refractivity contribution < 1.29 is 18.3 Å². The molecule has 0 bridgehead atoms. The van der Waals surface area contributed by atoms with E-state index >= 15 is 0 Å². The normalized spacial score (nSPS) is 17.5. The summed E-state index contributed by atoms with van der Waals surface area (Å²) in [6.45, 7) is 5.85. The highest BCUT2D eigenvalue weighted by Crippen LogP contribution is 2.50. The maximum absolute atomic E-state index is 12.5. The summed E-state index contributed by atoms with van der Waals surface area (Å²) in [6.07, 6.45) is 5.77. The minimum Gasteiger partial charge on any atom is -0.395 e. The highest BCUT2D eigenvalue weighted by molar-refractivity contribution is 8.12. The number of aliphatic hydroxyl groups excluding tert-OH is 1. The summed E-state index contributed by atoms with van der Waals surface area (Å²) in [5.74, 6) is 0.882. The molecule has 2 aliphatic rings. The molecule has 1 aromatic carbocycles. The van der Waals surface area contributed by atoms with Gasteiger partial charge in [-0.1, -0.05) is 48.0 Å². The molecule has 0 amide bonds. The predicted molar refractivity (Wildman–Crippen MR) is 157 cm³/mol. The summed E-state index contributed by atoms with van der Waals surface area (Å²) in [5, 5.41) is 12.7. The van der Waals surface area contributed by atoms with Crippen LogP contribution in [-0.2, 0) is 14.8 Å². The zero-order valence-electron chi connectivity index (χ0n) is 21.8. The Balaban J connectivity index is 1.82. The molecule has 2 aromatic rings. The van der Waals surface area contributed by atoms with Gasteiger partial charge in [-0.05, 0) is 73.1 Å². The zero-order chi connectivity index (χ0) is 27.1. The molecule has 1 fully saturated rings. The second-order valence-electron chi connectivity index (χ2n) is 9.44. The molecule has 0 atom stereocenters. The van der Waals surface area contributed by atoms with Gasteiger partial charge in [-0.2, -0.15) is 0 Å². The van der Waals surface area contributed by atoms with Crippen LogP contribution in [0.4, 0.5) is 11.6 Å². The molecule has 38 heavy (non-hydrogen) atoms. The minimum atomic E-state index is -3.50. The third-order valence-corrected chi connectivity index (χ3v) is 10.0. The molecular weight excluding hydrogens is 544 g/mol. The second-order valence-corrected chi connectivity index (χ2v) is 12.7. The molecule has 0 saturated carbocycles. The van der Waals surface area contributed by atoms with Gasteiger partial charge in [0, 0.05) is 30.9 Å². The molecule has 4 rings (SSSR count). The van der Waals surface area contributed by atoms with Crippen LogP contribution in [0.2, 0.25) is 5.02 Å². The van der Waals surface area contributed by atoms with Gasteiger partial charge in [0.1, 0.15) is 0 Å². The number of benzene rings is 1. The SMILES string of the molecule is CCCS(=O)(=O)Nc1cccc(C2=C(c3ccnc(NCCO)n3)SC(C3CCOCC3)=C(C)CC2)c1Cl. The van der Waals surface area contributed by atoms with Crippen molar-refractivity contribution in [3.05, 3.63) is 57.2 Å². The maximum Gasteiger partial charge on any atom is 0.232 e. The first kappa shape index (κ1) is 28.9. The van der Waals surface area contributed by atoms with Crippen LogP contribution in [0.3, 0.4) is 0 Å². The smallest absolute Gasteiger partial charge is 0.232 e. The predicted octanol–water partition coefficient (Wildman–Crippen LogP) is 5.78. The number of thioether (sulfide) groups is 1. The quantitative estimate of drug-likeness (QED) is 0.325. The van der Waals surface area contributed by atoms with E-state index in [1.54, 1.807) is 24.0 Å². The number of nitrogens with zero attached hydrogens (tertiary/aromatic N) is 2. The zero-order valence-corrected chi connectivity index (χ0v) is 24.2. The Morgan fingerprint density at radius 3 is 2.74 bits per heavy atom. The lowest BCUT2D eigenvalue weighted by molar-refractivity contribution is 0.0775. The summed E-state index contributed by atoms with van der Waals surface area (Å²) >= 11 is 8.63. The van der Waals surface area contributed by atoms with E-state index in [-0.39, 0.29) is 12.4 Å². The largest absolute Gasteiger partial charge is 0.395 e. The van der Waals surface area contributed by atoms with Gasteiger partial charge < -0.3 is 15.2 Å². The first-order valence-corrected chi connectivity index (χ1v) is 15.8. The molecule has 0 aliphatic carbocycles. The van der Waals surface area contributed by atoms with Gasteiger partial charge in [0.15, 0.2) is 0 Å². The van der Waals surface area contributed by atoms with E-state index in [1.807, 2.05) is 25.1 Å². The number of aliphatic hydroxyl groups is 1. The molecule has 11 heteroatoms. The summed E-state index contributed by atoms with van der Waals surface area (Å²) in [5.41, 5.74) is 4.28. The number of hydrogen-bond acceptors (Lipinski definition) is 8. The highest BCUT2D eigenvalue weighted by atomic mass is 35.5. The minimum absolute atomic E-state index is 0.0253. The number of hydrogen-bond donors (Lipinski definition) is 3. The Kier molecular flexibility index (Phi) is 10.1. The van der Waals surface area contributed by atoms with Crippen molar-refractivity contribution in [2.24, 2.45) is 5.92 Å². The van der Waals surface area contributed by atoms with E-state index in [2.05, 4.69) is 21.9 Å². The van der Waals surface area contributed by atoms with E-state index in [9.17, 15) is 13.5 Å². The molecule has 1 saturated heterocycles. The molecule has 0 radical (unpaired) electrons. The average Bonchev–Trinajstić information content (AvgIpc) is 3.08. The van der Waals surface area contributed by atoms with Crippen molar-refractivity contribution in [1.29, 1.82) is 0 Å². The van der Waals surface area contributed by atoms with E-state index in [0.717, 1.165) is 60.6 Å². The molecule has 3 heterocycles. The van der Waals surface area contributed by atoms with Gasteiger partial charge in [-0.3, -0.25) is 4.72 Å². The van der Waals surface area contributed by atoms with Crippen molar-refractivity contribution in [3.8, 4) is 0 Å². The highest BCUT2D eigenvalue weighted by Gasteiger charge is 2.28. The van der Waals surface area contributed by atoms with Gasteiger partial charge in [0.05, 0.1) is 28.8 Å². The van der Waals surface area contributed by atoms with E-state index in [4.69, 9.17) is 21.3 Å². The molecular formula is C27H35ClN4O4S2. The lowest BCUT2D eigenvalue weighted by Crippen LogP contribution is -2.17. The average molecular weight is 579 g/mol. The maximum atomic E-state index is 12.5. The molecule has 8 nitrogen and oxygen atoms in total. The number of anilines is 2. The lowest BCUT2D eigenvalue weighted by atomic mass is 9.93. The molecule has 206 valence electrons. The summed E-state index contributed by atoms with van der Waals surface area (Å²) in [6, 6.07) is 7.36. The monoisotopic (exact) mass is 578 g/mol. The van der Waals surface area contributed by atoms with Crippen molar-refractivity contribution >= 4 is 55.5 Å². The fraction of sp³-hybridized carbons (Fsp3) is 0.481. The summed E-state index contributed by atoms with van der Waals surface area (Å²) < 4.78 is 33.3. The van der Waals surface area contributed by atoms with Gasteiger partial charge in [0.25, 0.3) is 0 Å². The first-order valence-electron chi connectivity index (χ1n) is 13.0. The molecule has 0 unspecified atom stereocenters. The molecule has 3 N–H and O–H groups in total. The van der Waals surface area contributed by atoms with Crippen LogP contribution >= 0.6 is 23.4 Å². The third kappa shape index (κ3) is 7.09. The third-order valence-electron chi connectivity index (χ3n) is 6.59. The Labute approximate surface area is 234 Å². The fourth-order valence-electron chi connectivity index (χ4n) is 4.73. The van der Waals surface area contributed by atoms with Crippen LogP contribution in [-0.4, -0.2) is 55.6 Å². The number of allylic oxidation sites excluding steroid dienone is 3. The number of halogens is 1. The Morgan fingerprint density at radius 1 is 1.21 bits per heavy atom. The van der Waals surface area contributed by atoms with Gasteiger partial charge in [0.2, 0.25) is 16.0 Å². The number of aromatic nitrogens is 2. The number of nitrogens with one attached hydrogen (secondary N) is 2. The molecule has 1 aromatic heterocycles. The van der Waals surface area contributed by atoms with E-state index in [1.165, 1.54) is 10.5 Å². The van der Waals surface area contributed by atoms with Crippen molar-refractivity contribution in [1.82, 2.24) is 9.97 Å². The van der Waals surface area contributed by atoms with Crippen LogP contribution in [0, 0.1) is 5.92 Å². The van der Waals surface area contributed by atoms with E-state index < -0.39 is 10.0 Å². The Morgan fingerprint density at radius 2 is 2.00 bits per heavy atom. The topological polar surface area (TPSA) is 113 Å². The number of sulfonamides is 1. The van der Waals surface area contributed by atoms with Crippen LogP contribution in [0.5, 0.6) is 0 Å². The van der Waals surface area contributed by atoms with E-state index in [0.29, 0.717) is 35.5 Å². The number of rotatable bonds is 10. The lowest BCUT2D eigenvalue weighted by Gasteiger charge is -2.26. The summed E-state index contributed by atoms with van der Waals surface area (Å²) in [7, 11) is -3.50. The molecule has 2 aliphatic heterocycles. The van der Waals surface area contributed by atoms with Crippen LogP contribution < -0.4 is 10.0 Å². The Bertz CT molecular complexity index is 1310. The fourth-order valence-corrected chi connectivity index (χ4v) is 7.67. The first-order chi connectivity index (χ1) is 18.3. The van der Waals surface area contributed by atoms with Gasteiger partial charge in [-0.15, -0.1) is 0 Å². The number of ether oxygens (including phenoxy) is 1. The summed E-state index contributed by atoms with van der Waals surface area (Å²) in [4.78, 5) is 11.4. The van der Waals surface area contributed by atoms with Gasteiger partial charge >= 0.3 is 0 Å². The van der Waals surface area contributed by atoms with Crippen molar-refractivity contribution in [2.45, 2.75) is 46.0 Å².